The summed E-state index contributed by atoms with van der Waals surface area (Å²) in [4.78, 5) is 16.0. The molecule has 0 fully saturated rings. The molecule has 268 valence electrons. The second-order valence-corrected chi connectivity index (χ2v) is 13.4. The first-order valence-electron chi connectivity index (χ1n) is 16.8. The van der Waals surface area contributed by atoms with Crippen molar-refractivity contribution in [1.82, 2.24) is 4.98 Å². The Bertz CT molecular complexity index is 2130. The molecular formula is C42H42ClN3O6. The van der Waals surface area contributed by atoms with Gasteiger partial charge in [-0.05, 0) is 102 Å². The summed E-state index contributed by atoms with van der Waals surface area (Å²) >= 11 is 6.77. The van der Waals surface area contributed by atoms with Crippen LogP contribution in [0.25, 0.3) is 22.3 Å². The van der Waals surface area contributed by atoms with Gasteiger partial charge in [0.15, 0.2) is 0 Å². The van der Waals surface area contributed by atoms with Crippen LogP contribution in [0.15, 0.2) is 85.2 Å². The molecule has 1 heterocycles. The molecular weight excluding hydrogens is 678 g/mol. The third-order valence-electron chi connectivity index (χ3n) is 9.51. The maximum absolute atomic E-state index is 11.9. The predicted molar refractivity (Wildman–Crippen MR) is 201 cm³/mol. The molecule has 0 saturated carbocycles. The van der Waals surface area contributed by atoms with Crippen LogP contribution in [0.3, 0.4) is 0 Å². The number of aromatic nitrogens is 1. The smallest absolute Gasteiger partial charge is 0.311 e. The number of carboxylic acid groups (broad SMARTS) is 1. The lowest BCUT2D eigenvalue weighted by atomic mass is 9.85. The number of nitriles is 1. The standard InChI is InChI=1S/C42H42ClN3O6/c1-26-32(7-5-9-35(26)36-10-6-8-34(27(36)2)30-11-12-38(50-4)33(16-30)20-45)24-52-40-18-39(51-23-29-15-28(19-44)21-46-22-29)31(17-37(40)43)13-14-42(3,25-47)41(48)49/h5-12,15-18,21-22,47H,13-14,20,23-25,45H2,1-4H3,(H,48,49)/t42-/m0/s1. The lowest BCUT2D eigenvalue weighted by Crippen LogP contribution is -2.32. The number of hydrogen-bond acceptors (Lipinski definition) is 8. The number of carboxylic acids is 1. The first-order valence-corrected chi connectivity index (χ1v) is 17.2. The Morgan fingerprint density at radius 1 is 0.885 bits per heavy atom. The molecule has 0 amide bonds. The molecule has 5 rings (SSSR count). The lowest BCUT2D eigenvalue weighted by molar-refractivity contribution is -0.150. The Labute approximate surface area is 309 Å². The molecule has 5 aromatic rings. The average Bonchev–Trinajstić information content (AvgIpc) is 3.16. The van der Waals surface area contributed by atoms with Crippen molar-refractivity contribution in [3.05, 3.63) is 129 Å². The van der Waals surface area contributed by atoms with E-state index in [0.29, 0.717) is 39.8 Å². The van der Waals surface area contributed by atoms with Gasteiger partial charge in [-0.2, -0.15) is 5.26 Å². The van der Waals surface area contributed by atoms with Gasteiger partial charge in [-0.15, -0.1) is 0 Å². The van der Waals surface area contributed by atoms with Crippen molar-refractivity contribution in [2.75, 3.05) is 13.7 Å². The largest absolute Gasteiger partial charge is 0.496 e. The van der Waals surface area contributed by atoms with Crippen molar-refractivity contribution in [3.63, 3.8) is 0 Å². The fourth-order valence-corrected chi connectivity index (χ4v) is 6.34. The topological polar surface area (TPSA) is 148 Å². The molecule has 9 nitrogen and oxygen atoms in total. The van der Waals surface area contributed by atoms with Crippen molar-refractivity contribution in [3.8, 4) is 45.6 Å². The first kappa shape index (κ1) is 37.8. The van der Waals surface area contributed by atoms with Crippen molar-refractivity contribution in [2.45, 2.75) is 53.4 Å². The van der Waals surface area contributed by atoms with E-state index in [1.165, 1.54) is 13.1 Å². The highest BCUT2D eigenvalue weighted by molar-refractivity contribution is 6.32. The van der Waals surface area contributed by atoms with Crippen LogP contribution in [0, 0.1) is 30.6 Å². The van der Waals surface area contributed by atoms with E-state index in [4.69, 9.17) is 31.5 Å². The molecule has 0 saturated heterocycles. The molecule has 0 unspecified atom stereocenters. The molecule has 0 bridgehead atoms. The zero-order valence-electron chi connectivity index (χ0n) is 29.7. The second-order valence-electron chi connectivity index (χ2n) is 13.0. The summed E-state index contributed by atoms with van der Waals surface area (Å²) in [5.74, 6) is 0.513. The molecule has 0 aliphatic rings. The fourth-order valence-electron chi connectivity index (χ4n) is 6.10. The quantitative estimate of drug-likeness (QED) is 0.0974. The number of aliphatic hydroxyl groups excluding tert-OH is 1. The molecule has 0 spiro atoms. The van der Waals surface area contributed by atoms with E-state index in [1.807, 2.05) is 24.3 Å². The lowest BCUT2D eigenvalue weighted by Gasteiger charge is -2.23. The van der Waals surface area contributed by atoms with E-state index in [9.17, 15) is 20.3 Å². The van der Waals surface area contributed by atoms with Gasteiger partial charge in [0, 0.05) is 36.1 Å². The van der Waals surface area contributed by atoms with E-state index in [2.05, 4.69) is 55.2 Å². The summed E-state index contributed by atoms with van der Waals surface area (Å²) in [6.07, 6.45) is 3.51. The van der Waals surface area contributed by atoms with Crippen LogP contribution in [0.1, 0.15) is 52.3 Å². The van der Waals surface area contributed by atoms with E-state index < -0.39 is 18.0 Å². The van der Waals surface area contributed by atoms with Gasteiger partial charge in [0.2, 0.25) is 0 Å². The van der Waals surface area contributed by atoms with Gasteiger partial charge in [0.1, 0.15) is 36.5 Å². The number of rotatable bonds is 15. The van der Waals surface area contributed by atoms with Crippen LogP contribution in [-0.2, 0) is 31.0 Å². The van der Waals surface area contributed by atoms with Crippen LogP contribution >= 0.6 is 11.6 Å². The number of benzene rings is 4. The van der Waals surface area contributed by atoms with E-state index in [-0.39, 0.29) is 26.1 Å². The number of hydrogen-bond donors (Lipinski definition) is 3. The van der Waals surface area contributed by atoms with Crippen LogP contribution in [0.5, 0.6) is 17.2 Å². The number of nitrogens with two attached hydrogens (primary N) is 1. The summed E-state index contributed by atoms with van der Waals surface area (Å²) in [5, 5.41) is 29.2. The molecule has 1 atom stereocenters. The number of ether oxygens (including phenoxy) is 3. The number of halogens is 1. The van der Waals surface area contributed by atoms with E-state index >= 15 is 0 Å². The number of nitrogens with zero attached hydrogens (tertiary/aromatic N) is 2. The Hall–Kier alpha value is -5.40. The minimum absolute atomic E-state index is 0.108. The van der Waals surface area contributed by atoms with Crippen molar-refractivity contribution >= 4 is 17.6 Å². The summed E-state index contributed by atoms with van der Waals surface area (Å²) in [7, 11) is 1.64. The van der Waals surface area contributed by atoms with Crippen LogP contribution in [-0.4, -0.2) is 34.9 Å². The first-order chi connectivity index (χ1) is 25.0. The van der Waals surface area contributed by atoms with Gasteiger partial charge >= 0.3 is 5.97 Å². The molecule has 52 heavy (non-hydrogen) atoms. The maximum Gasteiger partial charge on any atom is 0.311 e. The number of aliphatic carboxylic acids is 1. The van der Waals surface area contributed by atoms with Gasteiger partial charge < -0.3 is 30.2 Å². The molecule has 0 radical (unpaired) electrons. The Morgan fingerprint density at radius 2 is 1.60 bits per heavy atom. The van der Waals surface area contributed by atoms with Gasteiger partial charge in [-0.1, -0.05) is 54.1 Å². The molecule has 10 heteroatoms. The second kappa shape index (κ2) is 16.7. The zero-order valence-corrected chi connectivity index (χ0v) is 30.5. The highest BCUT2D eigenvalue weighted by atomic mass is 35.5. The van der Waals surface area contributed by atoms with Gasteiger partial charge in [0.25, 0.3) is 0 Å². The third kappa shape index (κ3) is 8.38. The maximum atomic E-state index is 11.9. The number of carbonyl (C=O) groups is 1. The van der Waals surface area contributed by atoms with Crippen molar-refractivity contribution < 1.29 is 29.2 Å². The minimum Gasteiger partial charge on any atom is -0.496 e. The van der Waals surface area contributed by atoms with E-state index in [0.717, 1.165) is 50.3 Å². The fraction of sp³-hybridized carbons (Fsp3) is 0.262. The van der Waals surface area contributed by atoms with Crippen molar-refractivity contribution in [1.29, 1.82) is 5.26 Å². The summed E-state index contributed by atoms with van der Waals surface area (Å²) in [5.41, 5.74) is 14.9. The molecule has 1 aromatic heterocycles. The van der Waals surface area contributed by atoms with Gasteiger partial charge in [-0.25, -0.2) is 0 Å². The summed E-state index contributed by atoms with van der Waals surface area (Å²) in [6, 6.07) is 25.7. The zero-order chi connectivity index (χ0) is 37.4. The Balaban J connectivity index is 1.42. The number of aryl methyl sites for hydroxylation is 1. The predicted octanol–water partition coefficient (Wildman–Crippen LogP) is 8.20. The third-order valence-corrected chi connectivity index (χ3v) is 9.80. The molecule has 4 N–H and O–H groups in total. The minimum atomic E-state index is -1.34. The number of methoxy groups -OCH3 is 1. The number of aliphatic hydroxyl groups is 1. The van der Waals surface area contributed by atoms with Crippen molar-refractivity contribution in [2.24, 2.45) is 11.1 Å². The van der Waals surface area contributed by atoms with E-state index in [1.54, 1.807) is 31.5 Å². The highest BCUT2D eigenvalue weighted by Gasteiger charge is 2.32. The normalized spacial score (nSPS) is 12.1. The number of pyridine rings is 1. The highest BCUT2D eigenvalue weighted by Crippen LogP contribution is 2.38. The average molecular weight is 720 g/mol. The molecule has 0 aliphatic heterocycles. The molecule has 0 aliphatic carbocycles. The SMILES string of the molecule is COc1ccc(-c2cccc(-c3cccc(COc4cc(OCc5cncc(C#N)c5)c(CC[C@@](C)(CO)C(=O)O)cc4Cl)c3C)c2C)cc1CN. The van der Waals surface area contributed by atoms with Crippen LogP contribution in [0.4, 0.5) is 0 Å². The molecule has 4 aromatic carbocycles. The van der Waals surface area contributed by atoms with Gasteiger partial charge in [-0.3, -0.25) is 9.78 Å². The Morgan fingerprint density at radius 3 is 2.29 bits per heavy atom. The summed E-state index contributed by atoms with van der Waals surface area (Å²) < 4.78 is 18.0. The van der Waals surface area contributed by atoms with Crippen LogP contribution in [0.2, 0.25) is 5.02 Å². The Kier molecular flexibility index (Phi) is 12.2. The monoisotopic (exact) mass is 719 g/mol. The van der Waals surface area contributed by atoms with Gasteiger partial charge in [0.05, 0.1) is 29.7 Å². The van der Waals surface area contributed by atoms with Crippen LogP contribution < -0.4 is 19.9 Å². The summed E-state index contributed by atoms with van der Waals surface area (Å²) in [6.45, 7) is 5.89.